The van der Waals surface area contributed by atoms with Crippen molar-refractivity contribution in [1.29, 1.82) is 0 Å². The summed E-state index contributed by atoms with van der Waals surface area (Å²) >= 11 is 0. The maximum absolute atomic E-state index is 13.8. The molecule has 1 aromatic heterocycles. The van der Waals surface area contributed by atoms with Crippen LogP contribution in [0.4, 0.5) is 4.39 Å². The van der Waals surface area contributed by atoms with E-state index in [1.165, 1.54) is 23.1 Å². The molecule has 1 atom stereocenters. The third kappa shape index (κ3) is 2.42. The van der Waals surface area contributed by atoms with Crippen molar-refractivity contribution in [1.82, 2.24) is 4.90 Å². The van der Waals surface area contributed by atoms with Gasteiger partial charge in [-0.05, 0) is 36.8 Å². The first-order valence-corrected chi connectivity index (χ1v) is 8.26. The number of β-amino-alcohol motifs (C(OH)–C–C–N with tert-alkyl or cyclic N) is 1. The Labute approximate surface area is 148 Å². The third-order valence-corrected chi connectivity index (χ3v) is 4.63. The number of aryl methyl sites for hydroxylation is 1. The molecule has 1 unspecified atom stereocenters. The van der Waals surface area contributed by atoms with Crippen molar-refractivity contribution in [3.05, 3.63) is 81.0 Å². The van der Waals surface area contributed by atoms with Gasteiger partial charge in [0.05, 0.1) is 23.6 Å². The van der Waals surface area contributed by atoms with Crippen molar-refractivity contribution in [3.63, 3.8) is 0 Å². The summed E-state index contributed by atoms with van der Waals surface area (Å²) in [7, 11) is 0. The van der Waals surface area contributed by atoms with Gasteiger partial charge >= 0.3 is 0 Å². The maximum atomic E-state index is 13.8. The Morgan fingerprint density at radius 3 is 2.73 bits per heavy atom. The Kier molecular flexibility index (Phi) is 3.85. The third-order valence-electron chi connectivity index (χ3n) is 4.63. The lowest BCUT2D eigenvalue weighted by Crippen LogP contribution is -2.32. The maximum Gasteiger partial charge on any atom is 0.290 e. The highest BCUT2D eigenvalue weighted by atomic mass is 19.1. The van der Waals surface area contributed by atoms with Crippen LogP contribution in [0.15, 0.2) is 51.7 Å². The lowest BCUT2D eigenvalue weighted by Gasteiger charge is -2.24. The Morgan fingerprint density at radius 1 is 1.19 bits per heavy atom. The molecule has 0 saturated heterocycles. The summed E-state index contributed by atoms with van der Waals surface area (Å²) < 4.78 is 19.5. The summed E-state index contributed by atoms with van der Waals surface area (Å²) in [6.07, 6.45) is 0. The van der Waals surface area contributed by atoms with Crippen molar-refractivity contribution < 1.29 is 18.7 Å². The molecule has 0 radical (unpaired) electrons. The van der Waals surface area contributed by atoms with Gasteiger partial charge in [-0.15, -0.1) is 0 Å². The Morgan fingerprint density at radius 2 is 2.00 bits per heavy atom. The van der Waals surface area contributed by atoms with Crippen LogP contribution in [0.25, 0.3) is 11.0 Å². The molecule has 2 heterocycles. The minimum absolute atomic E-state index is 0.0129. The van der Waals surface area contributed by atoms with Crippen molar-refractivity contribution >= 4 is 16.9 Å². The van der Waals surface area contributed by atoms with Gasteiger partial charge in [-0.25, -0.2) is 4.39 Å². The van der Waals surface area contributed by atoms with Crippen LogP contribution in [0.3, 0.4) is 0 Å². The van der Waals surface area contributed by atoms with Gasteiger partial charge in [0.1, 0.15) is 11.4 Å². The predicted molar refractivity (Wildman–Crippen MR) is 93.6 cm³/mol. The van der Waals surface area contributed by atoms with E-state index in [1.54, 1.807) is 24.3 Å². The van der Waals surface area contributed by atoms with Gasteiger partial charge in [-0.2, -0.15) is 0 Å². The fourth-order valence-corrected chi connectivity index (χ4v) is 3.50. The van der Waals surface area contributed by atoms with E-state index in [0.717, 1.165) is 5.56 Å². The first-order chi connectivity index (χ1) is 12.5. The number of hydrogen-bond donors (Lipinski definition) is 1. The molecule has 4 rings (SSSR count). The summed E-state index contributed by atoms with van der Waals surface area (Å²) in [5, 5.41) is 9.74. The highest BCUT2D eigenvalue weighted by Gasteiger charge is 2.42. The normalized spacial score (nSPS) is 16.3. The second-order valence-corrected chi connectivity index (χ2v) is 6.35. The van der Waals surface area contributed by atoms with E-state index < -0.39 is 17.8 Å². The van der Waals surface area contributed by atoms with Crippen LogP contribution < -0.4 is 5.43 Å². The minimum Gasteiger partial charge on any atom is -0.450 e. The van der Waals surface area contributed by atoms with Crippen molar-refractivity contribution in [3.8, 4) is 0 Å². The summed E-state index contributed by atoms with van der Waals surface area (Å²) in [4.78, 5) is 27.3. The van der Waals surface area contributed by atoms with E-state index in [0.29, 0.717) is 16.5 Å². The molecule has 0 saturated carbocycles. The fourth-order valence-electron chi connectivity index (χ4n) is 3.50. The zero-order valence-electron chi connectivity index (χ0n) is 14.0. The van der Waals surface area contributed by atoms with Crippen LogP contribution in [-0.2, 0) is 0 Å². The molecule has 0 bridgehead atoms. The average Bonchev–Trinajstić information content (AvgIpc) is 2.89. The average molecular weight is 353 g/mol. The standard InChI is InChI=1S/C20H16FNO4/c1-11-5-6-15-14(9-11)18(24)16-17(12-3-2-4-13(21)10-12)22(7-8-23)20(25)19(16)26-15/h2-6,9-10,17,23H,7-8H2,1H3. The van der Waals surface area contributed by atoms with Gasteiger partial charge < -0.3 is 14.4 Å². The molecule has 6 heteroatoms. The molecule has 26 heavy (non-hydrogen) atoms. The summed E-state index contributed by atoms with van der Waals surface area (Å²) in [5.74, 6) is -0.995. The van der Waals surface area contributed by atoms with E-state index in [-0.39, 0.29) is 29.9 Å². The van der Waals surface area contributed by atoms with Gasteiger partial charge in [-0.1, -0.05) is 23.8 Å². The first-order valence-electron chi connectivity index (χ1n) is 8.26. The number of fused-ring (bicyclic) bond motifs is 2. The van der Waals surface area contributed by atoms with Crippen LogP contribution in [0.1, 0.15) is 33.3 Å². The molecule has 0 aliphatic carbocycles. The molecule has 3 aromatic rings. The molecule has 5 nitrogen and oxygen atoms in total. The van der Waals surface area contributed by atoms with Crippen LogP contribution in [0.5, 0.6) is 0 Å². The van der Waals surface area contributed by atoms with Crippen LogP contribution in [0, 0.1) is 12.7 Å². The van der Waals surface area contributed by atoms with Gasteiger partial charge in [0.15, 0.2) is 5.43 Å². The zero-order chi connectivity index (χ0) is 18.4. The topological polar surface area (TPSA) is 70.8 Å². The summed E-state index contributed by atoms with van der Waals surface area (Å²) in [6.45, 7) is 1.59. The molecule has 0 fully saturated rings. The number of benzene rings is 2. The largest absolute Gasteiger partial charge is 0.450 e. The van der Waals surface area contributed by atoms with Crippen molar-refractivity contribution in [2.24, 2.45) is 0 Å². The molecule has 1 aliphatic rings. The molecule has 0 spiro atoms. The van der Waals surface area contributed by atoms with E-state index >= 15 is 0 Å². The van der Waals surface area contributed by atoms with E-state index in [4.69, 9.17) is 4.42 Å². The molecular formula is C20H16FNO4. The fraction of sp³-hybridized carbons (Fsp3) is 0.200. The molecule has 1 N–H and O–H groups in total. The lowest BCUT2D eigenvalue weighted by atomic mass is 9.98. The molecule has 1 amide bonds. The number of carbonyl (C=O) groups excluding carboxylic acids is 1. The molecular weight excluding hydrogens is 337 g/mol. The summed E-state index contributed by atoms with van der Waals surface area (Å²) in [6, 6.07) is 10.1. The predicted octanol–water partition coefficient (Wildman–Crippen LogP) is 2.78. The number of rotatable bonds is 3. The number of nitrogens with zero attached hydrogens (tertiary/aromatic N) is 1. The number of carbonyl (C=O) groups is 1. The smallest absolute Gasteiger partial charge is 0.290 e. The van der Waals surface area contributed by atoms with Gasteiger partial charge in [0, 0.05) is 6.54 Å². The second-order valence-electron chi connectivity index (χ2n) is 6.35. The molecule has 2 aromatic carbocycles. The highest BCUT2D eigenvalue weighted by Crippen LogP contribution is 2.38. The van der Waals surface area contributed by atoms with Crippen molar-refractivity contribution in [2.45, 2.75) is 13.0 Å². The van der Waals surface area contributed by atoms with E-state index in [9.17, 15) is 19.1 Å². The number of aliphatic hydroxyl groups is 1. The highest BCUT2D eigenvalue weighted by molar-refractivity contribution is 5.99. The van der Waals surface area contributed by atoms with Crippen LogP contribution in [-0.4, -0.2) is 29.1 Å². The lowest BCUT2D eigenvalue weighted by molar-refractivity contribution is 0.0691. The SMILES string of the molecule is Cc1ccc2oc3c(c(=O)c2c1)C(c1cccc(F)c1)N(CCO)C3=O. The Bertz CT molecular complexity index is 1090. The number of aliphatic hydroxyl groups excluding tert-OH is 1. The minimum atomic E-state index is -0.790. The Balaban J connectivity index is 2.03. The van der Waals surface area contributed by atoms with Gasteiger partial charge in [0.25, 0.3) is 5.91 Å². The zero-order valence-corrected chi connectivity index (χ0v) is 14.0. The van der Waals surface area contributed by atoms with Crippen LogP contribution in [0.2, 0.25) is 0 Å². The number of halogens is 1. The number of amides is 1. The number of hydrogen-bond acceptors (Lipinski definition) is 4. The first kappa shape index (κ1) is 16.5. The quantitative estimate of drug-likeness (QED) is 0.786. The van der Waals surface area contributed by atoms with Gasteiger partial charge in [-0.3, -0.25) is 9.59 Å². The molecule has 132 valence electrons. The molecule has 1 aliphatic heterocycles. The van der Waals surface area contributed by atoms with Gasteiger partial charge in [0.2, 0.25) is 5.76 Å². The van der Waals surface area contributed by atoms with E-state index in [1.807, 2.05) is 6.92 Å². The van der Waals surface area contributed by atoms with Crippen molar-refractivity contribution in [2.75, 3.05) is 13.2 Å². The monoisotopic (exact) mass is 353 g/mol. The summed E-state index contributed by atoms with van der Waals surface area (Å²) in [5.41, 5.74) is 1.56. The van der Waals surface area contributed by atoms with E-state index in [2.05, 4.69) is 0 Å². The Hall–Kier alpha value is -2.99. The second kappa shape index (κ2) is 6.07. The van der Waals surface area contributed by atoms with Crippen LogP contribution >= 0.6 is 0 Å².